The number of ether oxygens (including phenoxy) is 1. The van der Waals surface area contributed by atoms with E-state index in [9.17, 15) is 14.4 Å². The molecule has 112 valence electrons. The van der Waals surface area contributed by atoms with E-state index in [1.54, 1.807) is 24.3 Å². The van der Waals surface area contributed by atoms with Gasteiger partial charge in [0.25, 0.3) is 0 Å². The van der Waals surface area contributed by atoms with E-state index in [-0.39, 0.29) is 13.1 Å². The second-order valence-corrected chi connectivity index (χ2v) is 4.42. The number of urea groups is 1. The number of aliphatic carboxylic acids is 1. The van der Waals surface area contributed by atoms with Crippen molar-refractivity contribution in [3.63, 3.8) is 0 Å². The van der Waals surface area contributed by atoms with Crippen LogP contribution >= 0.6 is 0 Å². The van der Waals surface area contributed by atoms with Crippen LogP contribution in [0.25, 0.3) is 0 Å². The Bertz CT molecular complexity index is 575. The Morgan fingerprint density at radius 2 is 2.14 bits per heavy atom. The molecule has 0 aromatic heterocycles. The summed E-state index contributed by atoms with van der Waals surface area (Å²) in [5.74, 6) is -1.13. The Kier molecular flexibility index (Phi) is 4.27. The van der Waals surface area contributed by atoms with Crippen molar-refractivity contribution in [3.05, 3.63) is 24.3 Å². The number of piperazine rings is 1. The summed E-state index contributed by atoms with van der Waals surface area (Å²) in [6.45, 7) is -0.425. The van der Waals surface area contributed by atoms with Gasteiger partial charge in [0.1, 0.15) is 18.3 Å². The van der Waals surface area contributed by atoms with Crippen LogP contribution in [0, 0.1) is 0 Å². The standard InChI is InChI=1S/C13H15N3O5/c1-21-10-5-3-2-4-8(10)15-13(20)16-7-11(17)14-6-9(16)12(18)19/h2-5,9H,6-7H2,1H3,(H,14,17)(H,15,20)(H,18,19). The van der Waals surface area contributed by atoms with Gasteiger partial charge in [0.15, 0.2) is 0 Å². The number of carbonyl (C=O) groups is 3. The van der Waals surface area contributed by atoms with Crippen LogP contribution in [-0.4, -0.2) is 54.2 Å². The van der Waals surface area contributed by atoms with Crippen molar-refractivity contribution in [3.8, 4) is 5.75 Å². The van der Waals surface area contributed by atoms with E-state index in [2.05, 4.69) is 10.6 Å². The van der Waals surface area contributed by atoms with Crippen LogP contribution in [0.1, 0.15) is 0 Å². The van der Waals surface area contributed by atoms with Gasteiger partial charge < -0.3 is 20.5 Å². The monoisotopic (exact) mass is 293 g/mol. The molecule has 1 fully saturated rings. The highest BCUT2D eigenvalue weighted by Crippen LogP contribution is 2.23. The summed E-state index contributed by atoms with van der Waals surface area (Å²) in [6, 6.07) is 4.96. The van der Waals surface area contributed by atoms with Gasteiger partial charge in [0.2, 0.25) is 5.91 Å². The molecule has 3 N–H and O–H groups in total. The molecule has 2 rings (SSSR count). The first-order valence-electron chi connectivity index (χ1n) is 6.23. The number of carboxylic acids is 1. The van der Waals surface area contributed by atoms with E-state index in [1.807, 2.05) is 0 Å². The van der Waals surface area contributed by atoms with Crippen molar-refractivity contribution >= 4 is 23.6 Å². The average Bonchev–Trinajstić information content (AvgIpc) is 2.47. The fourth-order valence-corrected chi connectivity index (χ4v) is 2.01. The molecule has 0 aliphatic carbocycles. The molecule has 8 nitrogen and oxygen atoms in total. The number of nitrogens with zero attached hydrogens (tertiary/aromatic N) is 1. The zero-order chi connectivity index (χ0) is 15.4. The zero-order valence-electron chi connectivity index (χ0n) is 11.3. The molecular weight excluding hydrogens is 278 g/mol. The number of hydrogen-bond acceptors (Lipinski definition) is 4. The maximum atomic E-state index is 12.2. The molecule has 1 atom stereocenters. The minimum atomic E-state index is -1.18. The molecule has 3 amide bonds. The molecule has 1 aliphatic heterocycles. The molecule has 1 heterocycles. The second kappa shape index (κ2) is 6.12. The van der Waals surface area contributed by atoms with Crippen LogP contribution in [0.3, 0.4) is 0 Å². The molecular formula is C13H15N3O5. The fraction of sp³-hybridized carbons (Fsp3) is 0.308. The van der Waals surface area contributed by atoms with E-state index in [1.165, 1.54) is 7.11 Å². The van der Waals surface area contributed by atoms with Gasteiger partial charge in [-0.2, -0.15) is 0 Å². The number of para-hydroxylation sites is 2. The number of nitrogens with one attached hydrogen (secondary N) is 2. The topological polar surface area (TPSA) is 108 Å². The lowest BCUT2D eigenvalue weighted by molar-refractivity contribution is -0.144. The average molecular weight is 293 g/mol. The number of anilines is 1. The van der Waals surface area contributed by atoms with Crippen molar-refractivity contribution in [2.24, 2.45) is 0 Å². The zero-order valence-corrected chi connectivity index (χ0v) is 11.3. The fourth-order valence-electron chi connectivity index (χ4n) is 2.01. The predicted molar refractivity (Wildman–Crippen MR) is 73.2 cm³/mol. The van der Waals surface area contributed by atoms with Gasteiger partial charge >= 0.3 is 12.0 Å². The lowest BCUT2D eigenvalue weighted by Crippen LogP contribution is -2.60. The minimum absolute atomic E-state index is 0.118. The SMILES string of the molecule is COc1ccccc1NC(=O)N1CC(=O)NCC1C(=O)O. The summed E-state index contributed by atoms with van der Waals surface area (Å²) in [6.07, 6.45) is 0. The smallest absolute Gasteiger partial charge is 0.328 e. The van der Waals surface area contributed by atoms with E-state index < -0.39 is 23.9 Å². The number of carboxylic acid groups (broad SMARTS) is 1. The summed E-state index contributed by atoms with van der Waals surface area (Å²) in [7, 11) is 1.46. The van der Waals surface area contributed by atoms with E-state index in [0.29, 0.717) is 11.4 Å². The number of rotatable bonds is 3. The van der Waals surface area contributed by atoms with E-state index >= 15 is 0 Å². The number of methoxy groups -OCH3 is 1. The van der Waals surface area contributed by atoms with Gasteiger partial charge in [-0.05, 0) is 12.1 Å². The largest absolute Gasteiger partial charge is 0.495 e. The highest BCUT2D eigenvalue weighted by molar-refractivity contribution is 5.97. The van der Waals surface area contributed by atoms with Gasteiger partial charge in [-0.25, -0.2) is 9.59 Å². The normalized spacial score (nSPS) is 17.9. The summed E-state index contributed by atoms with van der Waals surface area (Å²) in [4.78, 5) is 35.7. The van der Waals surface area contributed by atoms with Crippen LogP contribution in [-0.2, 0) is 9.59 Å². The molecule has 0 saturated carbocycles. The van der Waals surface area contributed by atoms with Crippen molar-refractivity contribution in [2.45, 2.75) is 6.04 Å². The summed E-state index contributed by atoms with van der Waals surface area (Å²) in [5, 5.41) is 14.1. The maximum Gasteiger partial charge on any atom is 0.328 e. The molecule has 1 aliphatic rings. The molecule has 1 unspecified atom stereocenters. The third-order valence-corrected chi connectivity index (χ3v) is 3.08. The van der Waals surface area contributed by atoms with Crippen LogP contribution in [0.5, 0.6) is 5.75 Å². The van der Waals surface area contributed by atoms with Crippen LogP contribution in [0.15, 0.2) is 24.3 Å². The Labute approximate surface area is 120 Å². The summed E-state index contributed by atoms with van der Waals surface area (Å²) in [5.41, 5.74) is 0.403. The van der Waals surface area contributed by atoms with Crippen molar-refractivity contribution < 1.29 is 24.2 Å². The van der Waals surface area contributed by atoms with Crippen molar-refractivity contribution in [1.29, 1.82) is 0 Å². The summed E-state index contributed by atoms with van der Waals surface area (Å²) < 4.78 is 5.10. The van der Waals surface area contributed by atoms with Crippen LogP contribution in [0.4, 0.5) is 10.5 Å². The number of amides is 3. The van der Waals surface area contributed by atoms with E-state index in [0.717, 1.165) is 4.90 Å². The second-order valence-electron chi connectivity index (χ2n) is 4.42. The molecule has 0 bridgehead atoms. The van der Waals surface area contributed by atoms with E-state index in [4.69, 9.17) is 9.84 Å². The molecule has 8 heteroatoms. The van der Waals surface area contributed by atoms with Crippen LogP contribution < -0.4 is 15.4 Å². The first-order valence-corrected chi connectivity index (χ1v) is 6.23. The molecule has 1 aromatic rings. The lowest BCUT2D eigenvalue weighted by atomic mass is 10.2. The number of hydrogen-bond donors (Lipinski definition) is 3. The summed E-state index contributed by atoms with van der Waals surface area (Å²) >= 11 is 0. The quantitative estimate of drug-likeness (QED) is 0.733. The number of carbonyl (C=O) groups excluding carboxylic acids is 2. The Balaban J connectivity index is 2.17. The van der Waals surface area contributed by atoms with Crippen molar-refractivity contribution in [2.75, 3.05) is 25.5 Å². The number of benzene rings is 1. The molecule has 21 heavy (non-hydrogen) atoms. The first-order chi connectivity index (χ1) is 10.0. The highest BCUT2D eigenvalue weighted by atomic mass is 16.5. The molecule has 0 radical (unpaired) electrons. The molecule has 1 aromatic carbocycles. The predicted octanol–water partition coefficient (Wildman–Crippen LogP) is 0.112. The van der Waals surface area contributed by atoms with Crippen molar-refractivity contribution in [1.82, 2.24) is 10.2 Å². The van der Waals surface area contributed by atoms with Gasteiger partial charge in [-0.1, -0.05) is 12.1 Å². The van der Waals surface area contributed by atoms with Gasteiger partial charge in [0.05, 0.1) is 12.8 Å². The third kappa shape index (κ3) is 3.22. The maximum absolute atomic E-state index is 12.2. The molecule has 1 saturated heterocycles. The third-order valence-electron chi connectivity index (χ3n) is 3.08. The lowest BCUT2D eigenvalue weighted by Gasteiger charge is -2.32. The Morgan fingerprint density at radius 3 is 2.81 bits per heavy atom. The van der Waals surface area contributed by atoms with Gasteiger partial charge in [-0.15, -0.1) is 0 Å². The van der Waals surface area contributed by atoms with Crippen LogP contribution in [0.2, 0.25) is 0 Å². The Morgan fingerprint density at radius 1 is 1.43 bits per heavy atom. The highest BCUT2D eigenvalue weighted by Gasteiger charge is 2.35. The first kappa shape index (κ1) is 14.6. The minimum Gasteiger partial charge on any atom is -0.495 e. The van der Waals surface area contributed by atoms with Gasteiger partial charge in [0, 0.05) is 6.54 Å². The molecule has 0 spiro atoms. The Hall–Kier alpha value is -2.77. The van der Waals surface area contributed by atoms with Gasteiger partial charge in [-0.3, -0.25) is 9.69 Å².